The summed E-state index contributed by atoms with van der Waals surface area (Å²) in [5.41, 5.74) is 12.1. The predicted molar refractivity (Wildman–Crippen MR) is 142 cm³/mol. The molecule has 3 fully saturated rings. The van der Waals surface area contributed by atoms with Gasteiger partial charge >= 0.3 is 15.5 Å². The fourth-order valence-electron chi connectivity index (χ4n) is 5.39. The van der Waals surface area contributed by atoms with E-state index in [0.717, 1.165) is 12.7 Å². The Labute approximate surface area is 244 Å². The number of nitrogens with one attached hydrogen (secondary N) is 2. The number of nitrogen functional groups attached to an aromatic ring is 2. The van der Waals surface area contributed by atoms with Gasteiger partial charge in [0.25, 0.3) is 0 Å². The third-order valence-corrected chi connectivity index (χ3v) is 9.68. The molecule has 8 N–H and O–H groups in total. The third-order valence-electron chi connectivity index (χ3n) is 7.43. The molecular formula is C20H24F2N12O8P2. The monoisotopic (exact) mass is 660 g/mol. The van der Waals surface area contributed by atoms with Crippen molar-refractivity contribution in [3.8, 4) is 0 Å². The Morgan fingerprint density at radius 1 is 0.750 bits per heavy atom. The van der Waals surface area contributed by atoms with Gasteiger partial charge < -0.3 is 30.7 Å². The minimum atomic E-state index is -4.85. The van der Waals surface area contributed by atoms with Crippen LogP contribution < -0.4 is 21.6 Å². The molecule has 4 aromatic heterocycles. The number of nitrogens with zero attached hydrogens (tertiary/aromatic N) is 8. The van der Waals surface area contributed by atoms with Gasteiger partial charge in [-0.05, 0) is 0 Å². The maximum absolute atomic E-state index is 15.9. The molecule has 20 nitrogen and oxygen atoms in total. The molecule has 4 aromatic rings. The molecule has 0 aromatic carbocycles. The lowest BCUT2D eigenvalue weighted by atomic mass is 10.1. The lowest BCUT2D eigenvalue weighted by molar-refractivity contribution is -0.0377. The van der Waals surface area contributed by atoms with Gasteiger partial charge in [-0.1, -0.05) is 0 Å². The van der Waals surface area contributed by atoms with E-state index in [-0.39, 0.29) is 34.0 Å². The van der Waals surface area contributed by atoms with Crippen LogP contribution in [0.2, 0.25) is 0 Å². The van der Waals surface area contributed by atoms with E-state index in [1.807, 2.05) is 0 Å². The number of hydrogen-bond acceptors (Lipinski definition) is 14. The topological polar surface area (TPSA) is 275 Å². The Bertz CT molecular complexity index is 1700. The number of rotatable bonds is 2. The van der Waals surface area contributed by atoms with Crippen LogP contribution in [0.1, 0.15) is 12.5 Å². The average molecular weight is 660 g/mol. The number of halogens is 2. The number of imidazole rings is 2. The Balaban J connectivity index is 1.17. The summed E-state index contributed by atoms with van der Waals surface area (Å²) in [5, 5.41) is 4.38. The normalized spacial score (nSPS) is 38.3. The number of ether oxygens (including phenoxy) is 2. The molecule has 3 aliphatic rings. The first-order chi connectivity index (χ1) is 20.9. The Morgan fingerprint density at radius 3 is 1.57 bits per heavy atom. The molecule has 44 heavy (non-hydrogen) atoms. The van der Waals surface area contributed by atoms with Crippen molar-refractivity contribution in [1.29, 1.82) is 0 Å². The van der Waals surface area contributed by atoms with E-state index in [1.54, 1.807) is 0 Å². The molecule has 236 valence electrons. The van der Waals surface area contributed by atoms with Crippen molar-refractivity contribution >= 4 is 49.5 Å². The summed E-state index contributed by atoms with van der Waals surface area (Å²) in [6, 6.07) is -3.20. The van der Waals surface area contributed by atoms with Crippen LogP contribution in [-0.4, -0.2) is 98.7 Å². The van der Waals surface area contributed by atoms with Crippen molar-refractivity contribution in [1.82, 2.24) is 49.2 Å². The number of nitrogens with two attached hydrogens (primary N) is 2. The number of aromatic nitrogens is 8. The molecule has 0 aliphatic carbocycles. The summed E-state index contributed by atoms with van der Waals surface area (Å²) < 4.78 is 82.3. The minimum Gasteiger partial charge on any atom is -0.382 e. The molecule has 24 heteroatoms. The van der Waals surface area contributed by atoms with E-state index in [4.69, 9.17) is 30.0 Å². The Hall–Kier alpha value is -3.30. The largest absolute Gasteiger partial charge is 0.403 e. The second kappa shape index (κ2) is 10.7. The number of alkyl halides is 2. The number of anilines is 2. The molecule has 0 saturated carbocycles. The average Bonchev–Trinajstić information content (AvgIpc) is 3.73. The SMILES string of the molecule is Nc1ncnc2c1ncn2[C@@H]1O[C@@H]2COP(=O)(O)N[C@H]3[C@@H](F)[C@H](n4cnc5c(N)ncnc54)O[C@@H]3COP(=O)(O)N[C@H]2[C@H]1F. The fourth-order valence-corrected chi connectivity index (χ4v) is 7.61. The minimum absolute atomic E-state index is 0.0236. The second-order valence-corrected chi connectivity index (χ2v) is 13.2. The van der Waals surface area contributed by atoms with Gasteiger partial charge in [0.1, 0.15) is 35.9 Å². The highest BCUT2D eigenvalue weighted by Gasteiger charge is 2.53. The summed E-state index contributed by atoms with van der Waals surface area (Å²) in [6.45, 7) is -1.56. The molecule has 7 rings (SSSR count). The molecule has 0 bridgehead atoms. The van der Waals surface area contributed by atoms with E-state index < -0.39 is 77.8 Å². The highest BCUT2D eigenvalue weighted by molar-refractivity contribution is 7.50. The standard InChI is InChI=1S/C20H24F2N12O8P2/c21-9-11-7(41-19(9)33-5-29-13-15(23)25-3-27-17(13)33)1-39-43(35,36)32-12-8(2-40-44(37,38)31-11)42-20(10(12)22)34-6-30-14-16(24)26-4-28-18(14)34/h3-12,19-20H,1-2H2,(H2,23,25,27)(H2,24,26,28)(H2,31,37,38)(H2,32,35,36)/t7-,8-,9-,10-,11-,12-,19-,20-/m1/s1. The zero-order valence-electron chi connectivity index (χ0n) is 22.1. The van der Waals surface area contributed by atoms with Crippen LogP contribution in [0.4, 0.5) is 20.4 Å². The van der Waals surface area contributed by atoms with Gasteiger partial charge in [-0.2, -0.15) is 0 Å². The first-order valence-corrected chi connectivity index (χ1v) is 16.0. The van der Waals surface area contributed by atoms with Crippen LogP contribution >= 0.6 is 15.5 Å². The van der Waals surface area contributed by atoms with E-state index in [0.29, 0.717) is 0 Å². The molecule has 10 atom stereocenters. The van der Waals surface area contributed by atoms with E-state index >= 15 is 8.78 Å². The van der Waals surface area contributed by atoms with Crippen molar-refractivity contribution in [2.45, 2.75) is 49.1 Å². The first kappa shape index (κ1) is 29.4. The maximum Gasteiger partial charge on any atom is 0.403 e. The summed E-state index contributed by atoms with van der Waals surface area (Å²) in [4.78, 5) is 45.2. The van der Waals surface area contributed by atoms with Crippen molar-refractivity contribution < 1.29 is 46.2 Å². The number of hydrogen-bond donors (Lipinski definition) is 6. The van der Waals surface area contributed by atoms with Crippen LogP contribution in [0.5, 0.6) is 0 Å². The molecule has 7 heterocycles. The van der Waals surface area contributed by atoms with Crippen molar-refractivity contribution in [3.05, 3.63) is 25.3 Å². The van der Waals surface area contributed by atoms with Crippen molar-refractivity contribution in [2.24, 2.45) is 0 Å². The van der Waals surface area contributed by atoms with Gasteiger partial charge in [-0.25, -0.2) is 58.0 Å². The van der Waals surface area contributed by atoms with Crippen molar-refractivity contribution in [2.75, 3.05) is 24.7 Å². The Kier molecular flexibility index (Phi) is 7.12. The lowest BCUT2D eigenvalue weighted by Crippen LogP contribution is -2.46. The highest BCUT2D eigenvalue weighted by Crippen LogP contribution is 2.48. The third kappa shape index (κ3) is 5.02. The zero-order chi connectivity index (χ0) is 31.0. The van der Waals surface area contributed by atoms with Gasteiger partial charge in [-0.3, -0.25) is 18.2 Å². The quantitative estimate of drug-likeness (QED) is 0.147. The van der Waals surface area contributed by atoms with Crippen LogP contribution in [0.3, 0.4) is 0 Å². The molecule has 2 unspecified atom stereocenters. The summed E-state index contributed by atoms with van der Waals surface area (Å²) >= 11 is 0. The van der Waals surface area contributed by atoms with Gasteiger partial charge in [0, 0.05) is 0 Å². The van der Waals surface area contributed by atoms with Crippen LogP contribution in [0.25, 0.3) is 22.3 Å². The molecule has 3 aliphatic heterocycles. The lowest BCUT2D eigenvalue weighted by Gasteiger charge is -2.28. The molecule has 0 amide bonds. The van der Waals surface area contributed by atoms with Gasteiger partial charge in [0.05, 0.1) is 38.0 Å². The molecule has 0 spiro atoms. The van der Waals surface area contributed by atoms with E-state index in [2.05, 4.69) is 40.1 Å². The van der Waals surface area contributed by atoms with Crippen LogP contribution in [0, 0.1) is 0 Å². The summed E-state index contributed by atoms with van der Waals surface area (Å²) in [5.74, 6) is 0.0471. The van der Waals surface area contributed by atoms with Gasteiger partial charge in [-0.15, -0.1) is 0 Å². The number of fused-ring (bicyclic) bond motifs is 4. The van der Waals surface area contributed by atoms with Gasteiger partial charge in [0.15, 0.2) is 47.7 Å². The van der Waals surface area contributed by atoms with Gasteiger partial charge in [0.2, 0.25) is 0 Å². The molecule has 0 radical (unpaired) electrons. The smallest absolute Gasteiger partial charge is 0.382 e. The second-order valence-electron chi connectivity index (χ2n) is 10.1. The summed E-state index contributed by atoms with van der Waals surface area (Å²) in [7, 11) is -9.69. The summed E-state index contributed by atoms with van der Waals surface area (Å²) in [6.07, 6.45) is -5.31. The van der Waals surface area contributed by atoms with Crippen molar-refractivity contribution in [3.63, 3.8) is 0 Å². The maximum atomic E-state index is 15.9. The van der Waals surface area contributed by atoms with Crippen LogP contribution in [-0.2, 0) is 27.7 Å². The highest BCUT2D eigenvalue weighted by atomic mass is 31.2. The van der Waals surface area contributed by atoms with E-state index in [9.17, 15) is 18.9 Å². The zero-order valence-corrected chi connectivity index (χ0v) is 23.9. The Morgan fingerprint density at radius 2 is 1.16 bits per heavy atom. The fraction of sp³-hybridized carbons (Fsp3) is 0.500. The van der Waals surface area contributed by atoms with E-state index in [1.165, 1.54) is 21.8 Å². The van der Waals surface area contributed by atoms with Crippen LogP contribution in [0.15, 0.2) is 25.3 Å². The first-order valence-electron chi connectivity index (χ1n) is 12.9. The molecular weight excluding hydrogens is 636 g/mol. The predicted octanol–water partition coefficient (Wildman–Crippen LogP) is -0.534. The molecule has 3 saturated heterocycles.